The molecule has 1 saturated heterocycles. The fraction of sp³-hybridized carbons (Fsp3) is 1.00. The Kier molecular flexibility index (Phi) is 1.74. The molecule has 4 heteroatoms. The molecule has 0 aliphatic carbocycles. The maximum Gasteiger partial charge on any atom is 0.160 e. The van der Waals surface area contributed by atoms with Crippen LogP contribution in [-0.2, 0) is 0 Å². The molecular formula is C4H7FINO. The highest BCUT2D eigenvalue weighted by Crippen LogP contribution is 2.27. The summed E-state index contributed by atoms with van der Waals surface area (Å²) in [6, 6.07) is 0. The summed E-state index contributed by atoms with van der Waals surface area (Å²) in [5, 5.41) is 8.36. The lowest BCUT2D eigenvalue weighted by Crippen LogP contribution is -2.56. The van der Waals surface area contributed by atoms with E-state index in [2.05, 4.69) is 0 Å². The molecule has 1 aliphatic rings. The first-order valence-corrected chi connectivity index (χ1v) is 3.33. The van der Waals surface area contributed by atoms with Crippen molar-refractivity contribution in [2.45, 2.75) is 5.67 Å². The van der Waals surface area contributed by atoms with E-state index >= 15 is 0 Å². The lowest BCUT2D eigenvalue weighted by atomic mass is 10.0. The highest BCUT2D eigenvalue weighted by atomic mass is 127. The van der Waals surface area contributed by atoms with Gasteiger partial charge in [0.15, 0.2) is 5.67 Å². The van der Waals surface area contributed by atoms with Crippen LogP contribution in [-0.4, -0.2) is 33.6 Å². The molecule has 0 atom stereocenters. The van der Waals surface area contributed by atoms with Crippen LogP contribution in [0, 0.1) is 0 Å². The molecule has 2 nitrogen and oxygen atoms in total. The van der Waals surface area contributed by atoms with Crippen molar-refractivity contribution >= 4 is 22.9 Å². The van der Waals surface area contributed by atoms with Gasteiger partial charge >= 0.3 is 0 Å². The highest BCUT2D eigenvalue weighted by Gasteiger charge is 2.41. The molecule has 1 rings (SSSR count). The molecule has 0 aromatic carbocycles. The normalized spacial score (nSPS) is 27.4. The van der Waals surface area contributed by atoms with E-state index in [9.17, 15) is 4.39 Å². The van der Waals surface area contributed by atoms with Crippen LogP contribution in [0.25, 0.3) is 0 Å². The lowest BCUT2D eigenvalue weighted by molar-refractivity contribution is -0.0124. The fourth-order valence-corrected chi connectivity index (χ4v) is 1.89. The molecule has 0 radical (unpaired) electrons. The molecule has 0 aromatic heterocycles. The Morgan fingerprint density at radius 3 is 2.38 bits per heavy atom. The van der Waals surface area contributed by atoms with Gasteiger partial charge in [0.05, 0.1) is 6.61 Å². The summed E-state index contributed by atoms with van der Waals surface area (Å²) in [6.07, 6.45) is 0. The van der Waals surface area contributed by atoms with Crippen molar-refractivity contribution < 1.29 is 9.50 Å². The summed E-state index contributed by atoms with van der Waals surface area (Å²) >= 11 is 2.02. The van der Waals surface area contributed by atoms with E-state index in [-0.39, 0.29) is 6.61 Å². The quantitative estimate of drug-likeness (QED) is 0.520. The summed E-state index contributed by atoms with van der Waals surface area (Å²) in [4.78, 5) is 0. The highest BCUT2D eigenvalue weighted by molar-refractivity contribution is 14.1. The van der Waals surface area contributed by atoms with Crippen LogP contribution in [0.1, 0.15) is 0 Å². The van der Waals surface area contributed by atoms with E-state index in [1.807, 2.05) is 22.9 Å². The number of alkyl halides is 1. The van der Waals surface area contributed by atoms with Gasteiger partial charge in [-0.1, -0.05) is 0 Å². The van der Waals surface area contributed by atoms with Crippen LogP contribution in [0.3, 0.4) is 0 Å². The second kappa shape index (κ2) is 2.07. The Morgan fingerprint density at radius 2 is 2.25 bits per heavy atom. The van der Waals surface area contributed by atoms with Crippen molar-refractivity contribution in [3.05, 3.63) is 0 Å². The van der Waals surface area contributed by atoms with Gasteiger partial charge in [-0.2, -0.15) is 0 Å². The smallest absolute Gasteiger partial charge is 0.160 e. The van der Waals surface area contributed by atoms with Crippen LogP contribution in [0.15, 0.2) is 0 Å². The second-order valence-corrected chi connectivity index (χ2v) is 3.45. The topological polar surface area (TPSA) is 23.5 Å². The van der Waals surface area contributed by atoms with E-state index in [1.54, 1.807) is 3.11 Å². The molecule has 1 fully saturated rings. The molecule has 1 aliphatic heterocycles. The molecule has 1 N–H and O–H groups in total. The van der Waals surface area contributed by atoms with Gasteiger partial charge in [-0.05, 0) is 0 Å². The number of aliphatic hydroxyl groups is 1. The van der Waals surface area contributed by atoms with E-state index in [0.29, 0.717) is 13.1 Å². The van der Waals surface area contributed by atoms with Crippen LogP contribution < -0.4 is 0 Å². The zero-order chi connectivity index (χ0) is 6.20. The van der Waals surface area contributed by atoms with Crippen LogP contribution in [0.5, 0.6) is 0 Å². The average Bonchev–Trinajstić information content (AvgIpc) is 1.63. The van der Waals surface area contributed by atoms with Crippen molar-refractivity contribution in [1.29, 1.82) is 0 Å². The van der Waals surface area contributed by atoms with Gasteiger partial charge in [-0.25, -0.2) is 7.50 Å². The van der Waals surface area contributed by atoms with Crippen LogP contribution in [0.2, 0.25) is 0 Å². The third-order valence-electron chi connectivity index (χ3n) is 1.19. The largest absolute Gasteiger partial charge is 0.393 e. The third-order valence-corrected chi connectivity index (χ3v) is 1.88. The molecule has 8 heavy (non-hydrogen) atoms. The molecule has 0 unspecified atom stereocenters. The van der Waals surface area contributed by atoms with E-state index < -0.39 is 5.67 Å². The Hall–Kier alpha value is 0.580. The first-order chi connectivity index (χ1) is 3.66. The van der Waals surface area contributed by atoms with Gasteiger partial charge in [-0.15, -0.1) is 0 Å². The van der Waals surface area contributed by atoms with Gasteiger partial charge in [0.25, 0.3) is 0 Å². The molecule has 1 heterocycles. The monoisotopic (exact) mass is 231 g/mol. The minimum atomic E-state index is -1.29. The summed E-state index contributed by atoms with van der Waals surface area (Å²) in [5.41, 5.74) is -1.29. The predicted octanol–water partition coefficient (Wildman–Crippen LogP) is 0.353. The van der Waals surface area contributed by atoms with Crippen LogP contribution >= 0.6 is 22.9 Å². The summed E-state index contributed by atoms with van der Waals surface area (Å²) in [7, 11) is 0. The molecule has 0 amide bonds. The number of rotatable bonds is 1. The molecule has 0 aromatic rings. The van der Waals surface area contributed by atoms with Crippen molar-refractivity contribution in [3.8, 4) is 0 Å². The van der Waals surface area contributed by atoms with E-state index in [1.165, 1.54) is 0 Å². The average molecular weight is 231 g/mol. The maximum atomic E-state index is 12.6. The molecular weight excluding hydrogens is 224 g/mol. The summed E-state index contributed by atoms with van der Waals surface area (Å²) < 4.78 is 14.4. The van der Waals surface area contributed by atoms with Gasteiger partial charge in [0.2, 0.25) is 0 Å². The number of nitrogens with zero attached hydrogens (tertiary/aromatic N) is 1. The molecule has 0 saturated carbocycles. The van der Waals surface area contributed by atoms with Gasteiger partial charge in [0, 0.05) is 36.0 Å². The maximum absolute atomic E-state index is 12.6. The first kappa shape index (κ1) is 6.70. The zero-order valence-corrected chi connectivity index (χ0v) is 6.43. The Morgan fingerprint density at radius 1 is 1.75 bits per heavy atom. The summed E-state index contributed by atoms with van der Waals surface area (Å²) in [5.74, 6) is 0. The number of hydrogen-bond donors (Lipinski definition) is 1. The van der Waals surface area contributed by atoms with E-state index in [0.717, 1.165) is 0 Å². The minimum absolute atomic E-state index is 0.341. The minimum Gasteiger partial charge on any atom is -0.393 e. The number of hydrogen-bond acceptors (Lipinski definition) is 2. The van der Waals surface area contributed by atoms with Gasteiger partial charge < -0.3 is 5.11 Å². The third kappa shape index (κ3) is 1.11. The van der Waals surface area contributed by atoms with Gasteiger partial charge in [0.1, 0.15) is 0 Å². The zero-order valence-electron chi connectivity index (χ0n) is 4.27. The number of aliphatic hydroxyl groups excluding tert-OH is 1. The number of halogens is 2. The molecule has 48 valence electrons. The van der Waals surface area contributed by atoms with Crippen molar-refractivity contribution in [2.75, 3.05) is 19.7 Å². The standard InChI is InChI=1S/C4H7FINO/c5-4(3-8)1-7(6)2-4/h8H,1-3H2. The van der Waals surface area contributed by atoms with Crippen LogP contribution in [0.4, 0.5) is 4.39 Å². The Bertz CT molecular complexity index is 94.0. The Labute approximate surface area is 61.2 Å². The molecule has 0 spiro atoms. The Balaban J connectivity index is 2.30. The van der Waals surface area contributed by atoms with Gasteiger partial charge in [-0.3, -0.25) is 0 Å². The fourth-order valence-electron chi connectivity index (χ4n) is 0.669. The van der Waals surface area contributed by atoms with Crippen molar-refractivity contribution in [1.82, 2.24) is 3.11 Å². The SMILES string of the molecule is OCC1(F)CN(I)C1. The lowest BCUT2D eigenvalue weighted by Gasteiger charge is -2.38. The van der Waals surface area contributed by atoms with E-state index in [4.69, 9.17) is 5.11 Å². The van der Waals surface area contributed by atoms with Crippen molar-refractivity contribution in [3.63, 3.8) is 0 Å². The predicted molar refractivity (Wildman–Crippen MR) is 36.5 cm³/mol. The summed E-state index contributed by atoms with van der Waals surface area (Å²) in [6.45, 7) is 0.390. The first-order valence-electron chi connectivity index (χ1n) is 2.37. The van der Waals surface area contributed by atoms with Crippen molar-refractivity contribution in [2.24, 2.45) is 0 Å². The molecule has 0 bridgehead atoms. The second-order valence-electron chi connectivity index (χ2n) is 2.09.